The Hall–Kier alpha value is -2.83. The molecule has 0 aliphatic carbocycles. The van der Waals surface area contributed by atoms with Crippen molar-refractivity contribution in [3.05, 3.63) is 94.5 Å². The Morgan fingerprint density at radius 2 is 1.67 bits per heavy atom. The number of halogens is 1. The van der Waals surface area contributed by atoms with Gasteiger partial charge in [-0.2, -0.15) is 0 Å². The minimum Gasteiger partial charge on any atom is -0.345 e. The zero-order chi connectivity index (χ0) is 21.7. The fourth-order valence-electron chi connectivity index (χ4n) is 2.98. The van der Waals surface area contributed by atoms with Gasteiger partial charge in [-0.25, -0.2) is 8.42 Å². The summed E-state index contributed by atoms with van der Waals surface area (Å²) in [6, 6.07) is 20.3. The SMILES string of the molecule is CCc1ccc([C@@H](C)NC(=O)c2ccc(NS(=O)(=O)c3ccccc3)cc2Cl)cc1. The van der Waals surface area contributed by atoms with E-state index in [0.29, 0.717) is 0 Å². The molecule has 3 aromatic rings. The number of sulfonamides is 1. The summed E-state index contributed by atoms with van der Waals surface area (Å²) in [5.41, 5.74) is 2.78. The van der Waals surface area contributed by atoms with Crippen molar-refractivity contribution in [2.45, 2.75) is 31.2 Å². The van der Waals surface area contributed by atoms with Crippen LogP contribution in [0.1, 0.15) is 41.4 Å². The quantitative estimate of drug-likeness (QED) is 0.528. The lowest BCUT2D eigenvalue weighted by atomic mass is 10.0. The highest BCUT2D eigenvalue weighted by Gasteiger charge is 2.17. The van der Waals surface area contributed by atoms with Crippen LogP contribution in [0.4, 0.5) is 5.69 Å². The van der Waals surface area contributed by atoms with Crippen molar-refractivity contribution >= 4 is 33.2 Å². The van der Waals surface area contributed by atoms with Gasteiger partial charge in [0.15, 0.2) is 0 Å². The van der Waals surface area contributed by atoms with E-state index in [1.807, 2.05) is 31.2 Å². The molecule has 3 rings (SSSR count). The number of hydrogen-bond acceptors (Lipinski definition) is 3. The first-order valence-electron chi connectivity index (χ1n) is 9.57. The minimum atomic E-state index is -3.73. The summed E-state index contributed by atoms with van der Waals surface area (Å²) < 4.78 is 27.4. The molecule has 2 N–H and O–H groups in total. The molecule has 0 saturated heterocycles. The maximum Gasteiger partial charge on any atom is 0.261 e. The highest BCUT2D eigenvalue weighted by Crippen LogP contribution is 2.24. The zero-order valence-electron chi connectivity index (χ0n) is 16.7. The van der Waals surface area contributed by atoms with Gasteiger partial charge < -0.3 is 5.32 Å². The molecule has 0 aromatic heterocycles. The van der Waals surface area contributed by atoms with Crippen LogP contribution in [0.25, 0.3) is 0 Å². The van der Waals surface area contributed by atoms with Crippen LogP contribution in [-0.4, -0.2) is 14.3 Å². The van der Waals surface area contributed by atoms with Gasteiger partial charge in [-0.1, -0.05) is 61.0 Å². The number of carbonyl (C=O) groups is 1. The van der Waals surface area contributed by atoms with Crippen molar-refractivity contribution in [2.24, 2.45) is 0 Å². The Morgan fingerprint density at radius 1 is 1.00 bits per heavy atom. The van der Waals surface area contributed by atoms with E-state index in [1.165, 1.54) is 35.9 Å². The number of hydrogen-bond donors (Lipinski definition) is 2. The van der Waals surface area contributed by atoms with E-state index in [4.69, 9.17) is 11.6 Å². The molecule has 1 atom stereocenters. The summed E-state index contributed by atoms with van der Waals surface area (Å²) in [5, 5.41) is 3.08. The molecule has 5 nitrogen and oxygen atoms in total. The van der Waals surface area contributed by atoms with Gasteiger partial charge in [-0.3, -0.25) is 9.52 Å². The van der Waals surface area contributed by atoms with Crippen LogP contribution in [0.5, 0.6) is 0 Å². The summed E-state index contributed by atoms with van der Waals surface area (Å²) >= 11 is 6.27. The molecule has 0 fully saturated rings. The topological polar surface area (TPSA) is 75.3 Å². The van der Waals surface area contributed by atoms with Crippen molar-refractivity contribution in [1.29, 1.82) is 0 Å². The Bertz CT molecular complexity index is 1130. The lowest BCUT2D eigenvalue weighted by Gasteiger charge is -2.16. The zero-order valence-corrected chi connectivity index (χ0v) is 18.3. The predicted octanol–water partition coefficient (Wildman–Crippen LogP) is 5.19. The van der Waals surface area contributed by atoms with E-state index < -0.39 is 10.0 Å². The van der Waals surface area contributed by atoms with Crippen LogP contribution in [0, 0.1) is 0 Å². The van der Waals surface area contributed by atoms with Crippen molar-refractivity contribution in [3.8, 4) is 0 Å². The monoisotopic (exact) mass is 442 g/mol. The van der Waals surface area contributed by atoms with Gasteiger partial charge in [0.25, 0.3) is 15.9 Å². The first-order valence-corrected chi connectivity index (χ1v) is 11.4. The van der Waals surface area contributed by atoms with Crippen LogP contribution in [0.3, 0.4) is 0 Å². The number of aryl methyl sites for hydroxylation is 1. The summed E-state index contributed by atoms with van der Waals surface area (Å²) in [4.78, 5) is 12.8. The Labute approximate surface area is 182 Å². The first kappa shape index (κ1) is 21.9. The standard InChI is InChI=1S/C23H23ClN2O3S/c1-3-17-9-11-18(12-10-17)16(2)25-23(27)21-14-13-19(15-22(21)24)26-30(28,29)20-7-5-4-6-8-20/h4-16,26H,3H2,1-2H3,(H,25,27)/t16-/m1/s1. The Balaban J connectivity index is 1.72. The van der Waals surface area contributed by atoms with Crippen molar-refractivity contribution < 1.29 is 13.2 Å². The summed E-state index contributed by atoms with van der Waals surface area (Å²) in [7, 11) is -3.73. The predicted molar refractivity (Wildman–Crippen MR) is 120 cm³/mol. The Kier molecular flexibility index (Phi) is 6.80. The second-order valence-electron chi connectivity index (χ2n) is 6.90. The van der Waals surface area contributed by atoms with Crippen LogP contribution in [-0.2, 0) is 16.4 Å². The summed E-state index contributed by atoms with van der Waals surface area (Å²) in [6.07, 6.45) is 0.955. The van der Waals surface area contributed by atoms with Crippen molar-refractivity contribution in [2.75, 3.05) is 4.72 Å². The van der Waals surface area contributed by atoms with E-state index in [9.17, 15) is 13.2 Å². The molecule has 156 valence electrons. The molecular formula is C23H23ClN2O3S. The molecule has 0 aliphatic rings. The average Bonchev–Trinajstić information content (AvgIpc) is 2.74. The number of rotatable bonds is 7. The van der Waals surface area contributed by atoms with Gasteiger partial charge in [0.05, 0.1) is 27.2 Å². The van der Waals surface area contributed by atoms with Crippen molar-refractivity contribution in [3.63, 3.8) is 0 Å². The minimum absolute atomic E-state index is 0.144. The van der Waals surface area contributed by atoms with E-state index in [1.54, 1.807) is 18.2 Å². The number of benzene rings is 3. The molecule has 0 bridgehead atoms. The number of nitrogens with one attached hydrogen (secondary N) is 2. The summed E-state index contributed by atoms with van der Waals surface area (Å²) in [6.45, 7) is 3.99. The van der Waals surface area contributed by atoms with E-state index in [2.05, 4.69) is 17.0 Å². The second kappa shape index (κ2) is 9.32. The molecule has 3 aromatic carbocycles. The second-order valence-corrected chi connectivity index (χ2v) is 8.99. The maximum absolute atomic E-state index is 12.7. The largest absolute Gasteiger partial charge is 0.345 e. The van der Waals surface area contributed by atoms with E-state index >= 15 is 0 Å². The number of carbonyl (C=O) groups excluding carboxylic acids is 1. The fourth-order valence-corrected chi connectivity index (χ4v) is 4.31. The molecule has 1 amide bonds. The van der Waals surface area contributed by atoms with Gasteiger partial charge in [0.2, 0.25) is 0 Å². The van der Waals surface area contributed by atoms with Gasteiger partial charge in [0, 0.05) is 0 Å². The van der Waals surface area contributed by atoms with Crippen LogP contribution < -0.4 is 10.0 Å². The molecule has 7 heteroatoms. The van der Waals surface area contributed by atoms with Crippen LogP contribution in [0.15, 0.2) is 77.7 Å². The third-order valence-electron chi connectivity index (χ3n) is 4.76. The smallest absolute Gasteiger partial charge is 0.261 e. The number of anilines is 1. The molecule has 0 heterocycles. The molecule has 0 saturated carbocycles. The third-order valence-corrected chi connectivity index (χ3v) is 6.46. The van der Waals surface area contributed by atoms with Gasteiger partial charge in [-0.15, -0.1) is 0 Å². The normalized spacial score (nSPS) is 12.2. The van der Waals surface area contributed by atoms with Gasteiger partial charge in [0.1, 0.15) is 0 Å². The molecular weight excluding hydrogens is 420 g/mol. The van der Waals surface area contributed by atoms with Crippen molar-refractivity contribution in [1.82, 2.24) is 5.32 Å². The number of amides is 1. The fraction of sp³-hybridized carbons (Fsp3) is 0.174. The molecule has 0 spiro atoms. The third kappa shape index (κ3) is 5.20. The molecule has 0 unspecified atom stereocenters. The van der Waals surface area contributed by atoms with Gasteiger partial charge >= 0.3 is 0 Å². The Morgan fingerprint density at radius 3 is 2.27 bits per heavy atom. The lowest BCUT2D eigenvalue weighted by Crippen LogP contribution is -2.27. The average molecular weight is 443 g/mol. The van der Waals surface area contributed by atoms with Crippen LogP contribution >= 0.6 is 11.6 Å². The molecule has 30 heavy (non-hydrogen) atoms. The summed E-state index contributed by atoms with van der Waals surface area (Å²) in [5.74, 6) is -0.329. The van der Waals surface area contributed by atoms with E-state index in [0.717, 1.165) is 12.0 Å². The highest BCUT2D eigenvalue weighted by atomic mass is 35.5. The van der Waals surface area contributed by atoms with E-state index in [-0.39, 0.29) is 33.1 Å². The first-order chi connectivity index (χ1) is 14.3. The maximum atomic E-state index is 12.7. The van der Waals surface area contributed by atoms with Gasteiger partial charge in [-0.05, 0) is 54.8 Å². The molecule has 0 radical (unpaired) electrons. The molecule has 0 aliphatic heterocycles. The highest BCUT2D eigenvalue weighted by molar-refractivity contribution is 7.92. The lowest BCUT2D eigenvalue weighted by molar-refractivity contribution is 0.0940. The van der Waals surface area contributed by atoms with Crippen LogP contribution in [0.2, 0.25) is 5.02 Å².